The molecule has 0 bridgehead atoms. The van der Waals surface area contributed by atoms with Gasteiger partial charge in [-0.15, -0.1) is 0 Å². The Kier molecular flexibility index (Phi) is 4.74. The Labute approximate surface area is 137 Å². The van der Waals surface area contributed by atoms with Crippen molar-refractivity contribution in [2.24, 2.45) is 0 Å². The molecule has 1 heterocycles. The number of anilines is 1. The Hall–Kier alpha value is -2.17. The number of likely N-dealkylation sites (N-methyl/N-ethyl adjacent to an activating group) is 1. The van der Waals surface area contributed by atoms with Crippen LogP contribution in [0, 0.1) is 0 Å². The van der Waals surface area contributed by atoms with E-state index in [4.69, 9.17) is 5.11 Å². The van der Waals surface area contributed by atoms with E-state index in [0.717, 1.165) is 36.3 Å². The van der Waals surface area contributed by atoms with Crippen molar-refractivity contribution < 1.29 is 9.90 Å². The minimum Gasteiger partial charge on any atom is -0.392 e. The molecule has 2 aromatic carbocycles. The molecule has 1 unspecified atom stereocenters. The van der Waals surface area contributed by atoms with Gasteiger partial charge < -0.3 is 10.0 Å². The van der Waals surface area contributed by atoms with Crippen molar-refractivity contribution >= 4 is 11.6 Å². The van der Waals surface area contributed by atoms with E-state index in [1.807, 2.05) is 66.5 Å². The number of hydrogen-bond donors (Lipinski definition) is 1. The summed E-state index contributed by atoms with van der Waals surface area (Å²) in [5.41, 5.74) is 3.03. The van der Waals surface area contributed by atoms with Crippen LogP contribution in [0.15, 0.2) is 54.6 Å². The van der Waals surface area contributed by atoms with Crippen molar-refractivity contribution in [1.82, 2.24) is 4.90 Å². The van der Waals surface area contributed by atoms with Crippen LogP contribution in [0.4, 0.5) is 5.69 Å². The summed E-state index contributed by atoms with van der Waals surface area (Å²) in [6, 6.07) is 17.6. The first-order valence-electron chi connectivity index (χ1n) is 7.94. The summed E-state index contributed by atoms with van der Waals surface area (Å²) in [5.74, 6) is 0.172. The molecule has 1 aliphatic heterocycles. The van der Waals surface area contributed by atoms with Crippen LogP contribution in [0.2, 0.25) is 0 Å². The first-order valence-corrected chi connectivity index (χ1v) is 7.94. The molecule has 120 valence electrons. The molecule has 1 saturated heterocycles. The maximum Gasteiger partial charge on any atom is 0.244 e. The summed E-state index contributed by atoms with van der Waals surface area (Å²) in [7, 11) is 2.00. The second-order valence-corrected chi connectivity index (χ2v) is 6.02. The van der Waals surface area contributed by atoms with Gasteiger partial charge in [-0.25, -0.2) is 0 Å². The highest BCUT2D eigenvalue weighted by Gasteiger charge is 2.34. The van der Waals surface area contributed by atoms with Gasteiger partial charge in [0.05, 0.1) is 12.6 Å². The molecule has 0 radical (unpaired) electrons. The molecule has 0 aliphatic carbocycles. The van der Waals surface area contributed by atoms with E-state index in [2.05, 4.69) is 4.90 Å². The van der Waals surface area contributed by atoms with E-state index in [1.165, 1.54) is 0 Å². The monoisotopic (exact) mass is 310 g/mol. The number of rotatable bonds is 5. The molecule has 1 fully saturated rings. The highest BCUT2D eigenvalue weighted by atomic mass is 16.3. The van der Waals surface area contributed by atoms with Crippen LogP contribution in [-0.4, -0.2) is 35.5 Å². The van der Waals surface area contributed by atoms with Crippen LogP contribution in [0.25, 0.3) is 0 Å². The van der Waals surface area contributed by atoms with E-state index in [9.17, 15) is 4.79 Å². The van der Waals surface area contributed by atoms with Crippen molar-refractivity contribution in [1.29, 1.82) is 0 Å². The standard InChI is InChI=1S/C19H22N2O2/c1-20(13-15-7-9-16(14-22)10-8-15)18-11-12-21(19(18)23)17-5-3-2-4-6-17/h2-10,18,22H,11-14H2,1H3. The molecule has 1 atom stereocenters. The molecule has 0 spiro atoms. The predicted molar refractivity (Wildman–Crippen MR) is 91.0 cm³/mol. The summed E-state index contributed by atoms with van der Waals surface area (Å²) in [6.45, 7) is 1.55. The lowest BCUT2D eigenvalue weighted by atomic mass is 10.1. The topological polar surface area (TPSA) is 43.8 Å². The van der Waals surface area contributed by atoms with E-state index in [0.29, 0.717) is 0 Å². The quantitative estimate of drug-likeness (QED) is 0.922. The fraction of sp³-hybridized carbons (Fsp3) is 0.316. The van der Waals surface area contributed by atoms with Crippen LogP contribution in [0.1, 0.15) is 17.5 Å². The largest absolute Gasteiger partial charge is 0.392 e. The zero-order chi connectivity index (χ0) is 16.2. The Morgan fingerprint density at radius 2 is 1.74 bits per heavy atom. The maximum absolute atomic E-state index is 12.7. The van der Waals surface area contributed by atoms with Crippen molar-refractivity contribution in [2.45, 2.75) is 25.6 Å². The maximum atomic E-state index is 12.7. The number of nitrogens with zero attached hydrogens (tertiary/aromatic N) is 2. The zero-order valence-electron chi connectivity index (χ0n) is 13.4. The van der Waals surface area contributed by atoms with Gasteiger partial charge in [-0.05, 0) is 36.7 Å². The highest BCUT2D eigenvalue weighted by molar-refractivity contribution is 5.99. The van der Waals surface area contributed by atoms with E-state index < -0.39 is 0 Å². The fourth-order valence-corrected chi connectivity index (χ4v) is 3.09. The van der Waals surface area contributed by atoms with E-state index in [1.54, 1.807) is 0 Å². The number of carbonyl (C=O) groups excluding carboxylic acids is 1. The summed E-state index contributed by atoms with van der Waals surface area (Å²) < 4.78 is 0. The fourth-order valence-electron chi connectivity index (χ4n) is 3.09. The Bertz CT molecular complexity index is 655. The molecular weight excluding hydrogens is 288 g/mol. The average molecular weight is 310 g/mol. The summed E-state index contributed by atoms with van der Waals surface area (Å²) in [5, 5.41) is 9.09. The third-order valence-corrected chi connectivity index (χ3v) is 4.41. The van der Waals surface area contributed by atoms with Crippen LogP contribution in [-0.2, 0) is 17.9 Å². The zero-order valence-corrected chi connectivity index (χ0v) is 13.4. The van der Waals surface area contributed by atoms with Crippen molar-refractivity contribution in [3.05, 3.63) is 65.7 Å². The molecule has 3 rings (SSSR count). The van der Waals surface area contributed by atoms with Crippen LogP contribution in [0.5, 0.6) is 0 Å². The Morgan fingerprint density at radius 3 is 2.39 bits per heavy atom. The summed E-state index contributed by atoms with van der Waals surface area (Å²) in [6.07, 6.45) is 0.846. The number of aliphatic hydroxyl groups is 1. The van der Waals surface area contributed by atoms with Gasteiger partial charge in [-0.1, -0.05) is 42.5 Å². The van der Waals surface area contributed by atoms with Crippen molar-refractivity contribution in [3.63, 3.8) is 0 Å². The molecule has 0 saturated carbocycles. The number of para-hydroxylation sites is 1. The van der Waals surface area contributed by atoms with Gasteiger partial charge in [0.2, 0.25) is 5.91 Å². The first kappa shape index (κ1) is 15.7. The number of amides is 1. The lowest BCUT2D eigenvalue weighted by Crippen LogP contribution is -2.39. The summed E-state index contributed by atoms with van der Waals surface area (Å²) >= 11 is 0. The average Bonchev–Trinajstić information content (AvgIpc) is 2.98. The lowest BCUT2D eigenvalue weighted by Gasteiger charge is -2.24. The third kappa shape index (κ3) is 3.44. The first-order chi connectivity index (χ1) is 11.2. The molecule has 23 heavy (non-hydrogen) atoms. The van der Waals surface area contributed by atoms with Crippen molar-refractivity contribution in [3.8, 4) is 0 Å². The molecule has 4 nitrogen and oxygen atoms in total. The number of carbonyl (C=O) groups is 1. The predicted octanol–water partition coefficient (Wildman–Crippen LogP) is 2.42. The van der Waals surface area contributed by atoms with Crippen molar-refractivity contribution in [2.75, 3.05) is 18.5 Å². The third-order valence-electron chi connectivity index (χ3n) is 4.41. The Morgan fingerprint density at radius 1 is 1.09 bits per heavy atom. The Balaban J connectivity index is 1.66. The molecule has 0 aromatic heterocycles. The number of aliphatic hydroxyl groups excluding tert-OH is 1. The van der Waals surface area contributed by atoms with Gasteiger partial charge >= 0.3 is 0 Å². The second kappa shape index (κ2) is 6.94. The lowest BCUT2D eigenvalue weighted by molar-refractivity contribution is -0.121. The van der Waals surface area contributed by atoms with Crippen LogP contribution >= 0.6 is 0 Å². The van der Waals surface area contributed by atoms with Gasteiger partial charge in [-0.2, -0.15) is 0 Å². The molecule has 1 aliphatic rings. The summed E-state index contributed by atoms with van der Waals surface area (Å²) in [4.78, 5) is 16.7. The van der Waals surface area contributed by atoms with Gasteiger partial charge in [0.25, 0.3) is 0 Å². The molecule has 4 heteroatoms. The van der Waals surface area contributed by atoms with Gasteiger partial charge in [0, 0.05) is 18.8 Å². The molecular formula is C19H22N2O2. The number of hydrogen-bond acceptors (Lipinski definition) is 3. The highest BCUT2D eigenvalue weighted by Crippen LogP contribution is 2.24. The molecule has 1 N–H and O–H groups in total. The van der Waals surface area contributed by atoms with E-state index >= 15 is 0 Å². The minimum atomic E-state index is -0.0762. The molecule has 2 aromatic rings. The van der Waals surface area contributed by atoms with Gasteiger partial charge in [0.15, 0.2) is 0 Å². The molecule has 1 amide bonds. The minimum absolute atomic E-state index is 0.0588. The SMILES string of the molecule is CN(Cc1ccc(CO)cc1)C1CCN(c2ccccc2)C1=O. The second-order valence-electron chi connectivity index (χ2n) is 6.02. The van der Waals surface area contributed by atoms with Crippen LogP contribution < -0.4 is 4.90 Å². The van der Waals surface area contributed by atoms with Gasteiger partial charge in [-0.3, -0.25) is 9.69 Å². The number of benzene rings is 2. The van der Waals surface area contributed by atoms with Gasteiger partial charge in [0.1, 0.15) is 0 Å². The normalized spacial score (nSPS) is 18.0. The van der Waals surface area contributed by atoms with Crippen LogP contribution in [0.3, 0.4) is 0 Å². The smallest absolute Gasteiger partial charge is 0.244 e. The van der Waals surface area contributed by atoms with E-state index in [-0.39, 0.29) is 18.6 Å².